The quantitative estimate of drug-likeness (QED) is 0.901. The molecule has 0 aromatic heterocycles. The third-order valence-corrected chi connectivity index (χ3v) is 3.70. The van der Waals surface area contributed by atoms with Gasteiger partial charge in [-0.25, -0.2) is 0 Å². The molecule has 0 bridgehead atoms. The summed E-state index contributed by atoms with van der Waals surface area (Å²) in [5.74, 6) is 0. The van der Waals surface area contributed by atoms with Crippen LogP contribution in [0, 0.1) is 0 Å². The Labute approximate surface area is 109 Å². The normalized spacial score (nSPS) is 35.5. The number of hydrogen-bond donors (Lipinski definition) is 1. The molecule has 3 nitrogen and oxygen atoms in total. The first-order chi connectivity index (χ1) is 8.19. The summed E-state index contributed by atoms with van der Waals surface area (Å²) in [6, 6.07) is 5.26. The fourth-order valence-corrected chi connectivity index (χ4v) is 2.67. The first kappa shape index (κ1) is 11.8. The number of aliphatic hydroxyl groups is 1. The summed E-state index contributed by atoms with van der Waals surface area (Å²) in [6.45, 7) is -0.0765. The van der Waals surface area contributed by atoms with Crippen molar-refractivity contribution in [3.05, 3.63) is 33.8 Å². The van der Waals surface area contributed by atoms with E-state index in [0.29, 0.717) is 10.0 Å². The molecular formula is C12H12Cl2O3. The van der Waals surface area contributed by atoms with E-state index in [9.17, 15) is 5.11 Å². The van der Waals surface area contributed by atoms with E-state index >= 15 is 0 Å². The summed E-state index contributed by atoms with van der Waals surface area (Å²) in [5, 5.41) is 10.5. The van der Waals surface area contributed by atoms with E-state index in [2.05, 4.69) is 0 Å². The van der Waals surface area contributed by atoms with Gasteiger partial charge in [0, 0.05) is 22.0 Å². The molecule has 0 amide bonds. The first-order valence-corrected chi connectivity index (χ1v) is 6.31. The van der Waals surface area contributed by atoms with E-state index in [1.165, 1.54) is 0 Å². The van der Waals surface area contributed by atoms with E-state index < -0.39 is 0 Å². The molecule has 3 rings (SSSR count). The van der Waals surface area contributed by atoms with E-state index in [4.69, 9.17) is 32.7 Å². The Bertz CT molecular complexity index is 438. The highest BCUT2D eigenvalue weighted by Gasteiger charge is 2.49. The van der Waals surface area contributed by atoms with Crippen molar-refractivity contribution in [1.82, 2.24) is 0 Å². The van der Waals surface area contributed by atoms with E-state index in [1.807, 2.05) is 6.07 Å². The van der Waals surface area contributed by atoms with Gasteiger partial charge in [-0.05, 0) is 12.1 Å². The minimum atomic E-state index is -0.350. The molecule has 2 aliphatic rings. The Morgan fingerprint density at radius 2 is 2.00 bits per heavy atom. The van der Waals surface area contributed by atoms with E-state index in [1.54, 1.807) is 12.1 Å². The standard InChI is InChI=1S/C12H12Cl2O3/c13-6-1-2-7(8(14)3-6)12-11(5-15)16-9-4-10(9)17-12/h1-3,9-12,15H,4-5H2/t9?,10-,11?,12?/m1/s1. The Hall–Kier alpha value is -0.320. The molecule has 1 aliphatic heterocycles. The lowest BCUT2D eigenvalue weighted by molar-refractivity contribution is -0.158. The monoisotopic (exact) mass is 274 g/mol. The predicted molar refractivity (Wildman–Crippen MR) is 64.4 cm³/mol. The number of benzene rings is 1. The molecule has 2 fully saturated rings. The van der Waals surface area contributed by atoms with Crippen LogP contribution >= 0.6 is 23.2 Å². The van der Waals surface area contributed by atoms with Gasteiger partial charge in [0.2, 0.25) is 0 Å². The van der Waals surface area contributed by atoms with Gasteiger partial charge < -0.3 is 14.6 Å². The van der Waals surface area contributed by atoms with Crippen molar-refractivity contribution in [3.8, 4) is 0 Å². The maximum Gasteiger partial charge on any atom is 0.113 e. The highest BCUT2D eigenvalue weighted by molar-refractivity contribution is 6.35. The van der Waals surface area contributed by atoms with Gasteiger partial charge in [-0.15, -0.1) is 0 Å². The lowest BCUT2D eigenvalue weighted by atomic mass is 10.0. The molecule has 1 saturated heterocycles. The molecular weight excluding hydrogens is 263 g/mol. The Morgan fingerprint density at radius 3 is 2.71 bits per heavy atom. The van der Waals surface area contributed by atoms with Crippen LogP contribution in [0.4, 0.5) is 0 Å². The second kappa shape index (κ2) is 4.41. The van der Waals surface area contributed by atoms with Crippen LogP contribution in [-0.4, -0.2) is 30.0 Å². The highest BCUT2D eigenvalue weighted by Crippen LogP contribution is 2.44. The number of halogens is 2. The Balaban J connectivity index is 1.90. The summed E-state index contributed by atoms with van der Waals surface area (Å²) in [5.41, 5.74) is 0.820. The largest absolute Gasteiger partial charge is 0.394 e. The molecule has 1 N–H and O–H groups in total. The molecule has 4 atom stereocenters. The van der Waals surface area contributed by atoms with Crippen molar-refractivity contribution in [2.45, 2.75) is 30.8 Å². The number of aliphatic hydroxyl groups excluding tert-OH is 1. The highest BCUT2D eigenvalue weighted by atomic mass is 35.5. The van der Waals surface area contributed by atoms with Crippen molar-refractivity contribution in [2.75, 3.05) is 6.61 Å². The van der Waals surface area contributed by atoms with Crippen LogP contribution in [0.15, 0.2) is 18.2 Å². The number of rotatable bonds is 2. The predicted octanol–water partition coefficient (Wildman–Crippen LogP) is 2.58. The van der Waals surface area contributed by atoms with Gasteiger partial charge in [0.05, 0.1) is 18.8 Å². The van der Waals surface area contributed by atoms with Gasteiger partial charge in [0.25, 0.3) is 0 Å². The molecule has 0 radical (unpaired) electrons. The van der Waals surface area contributed by atoms with Crippen molar-refractivity contribution < 1.29 is 14.6 Å². The maximum absolute atomic E-state index is 9.33. The number of hydrogen-bond acceptors (Lipinski definition) is 3. The first-order valence-electron chi connectivity index (χ1n) is 5.56. The topological polar surface area (TPSA) is 38.7 Å². The van der Waals surface area contributed by atoms with E-state index in [0.717, 1.165) is 12.0 Å². The summed E-state index contributed by atoms with van der Waals surface area (Å²) >= 11 is 12.0. The van der Waals surface area contributed by atoms with Crippen LogP contribution in [0.1, 0.15) is 18.1 Å². The SMILES string of the molecule is OCC1OC2C[C@H]2OC1c1ccc(Cl)cc1Cl. The van der Waals surface area contributed by atoms with Crippen molar-refractivity contribution in [2.24, 2.45) is 0 Å². The second-order valence-electron chi connectivity index (χ2n) is 4.39. The zero-order valence-corrected chi connectivity index (χ0v) is 10.5. The molecule has 5 heteroatoms. The van der Waals surface area contributed by atoms with Gasteiger partial charge >= 0.3 is 0 Å². The number of ether oxygens (including phenoxy) is 2. The minimum Gasteiger partial charge on any atom is -0.394 e. The third-order valence-electron chi connectivity index (χ3n) is 3.13. The lowest BCUT2D eigenvalue weighted by Gasteiger charge is -2.31. The molecule has 1 aliphatic carbocycles. The second-order valence-corrected chi connectivity index (χ2v) is 5.24. The fraction of sp³-hybridized carbons (Fsp3) is 0.500. The van der Waals surface area contributed by atoms with Crippen molar-refractivity contribution in [1.29, 1.82) is 0 Å². The maximum atomic E-state index is 9.33. The summed E-state index contributed by atoms with van der Waals surface area (Å²) in [7, 11) is 0. The average Bonchev–Trinajstić information content (AvgIpc) is 3.05. The molecule has 1 aromatic rings. The van der Waals surface area contributed by atoms with Crippen molar-refractivity contribution >= 4 is 23.2 Å². The summed E-state index contributed by atoms with van der Waals surface area (Å²) < 4.78 is 11.6. The molecule has 1 aromatic carbocycles. The molecule has 1 saturated carbocycles. The minimum absolute atomic E-state index is 0.0765. The molecule has 0 spiro atoms. The lowest BCUT2D eigenvalue weighted by Crippen LogP contribution is -2.35. The molecule has 92 valence electrons. The van der Waals surface area contributed by atoms with Crippen molar-refractivity contribution in [3.63, 3.8) is 0 Å². The number of fused-ring (bicyclic) bond motifs is 1. The third kappa shape index (κ3) is 2.18. The average molecular weight is 275 g/mol. The van der Waals surface area contributed by atoms with E-state index in [-0.39, 0.29) is 31.0 Å². The molecule has 3 unspecified atom stereocenters. The van der Waals surface area contributed by atoms with Crippen LogP contribution in [0.3, 0.4) is 0 Å². The van der Waals surface area contributed by atoms with Crippen LogP contribution in [0.2, 0.25) is 10.0 Å². The molecule has 1 heterocycles. The zero-order valence-electron chi connectivity index (χ0n) is 8.98. The van der Waals surface area contributed by atoms with Crippen LogP contribution in [-0.2, 0) is 9.47 Å². The Morgan fingerprint density at radius 1 is 1.24 bits per heavy atom. The Kier molecular flexibility index (Phi) is 3.05. The zero-order chi connectivity index (χ0) is 12.0. The van der Waals surface area contributed by atoms with Gasteiger partial charge in [-0.3, -0.25) is 0 Å². The summed E-state index contributed by atoms with van der Waals surface area (Å²) in [4.78, 5) is 0. The van der Waals surface area contributed by atoms with Crippen LogP contribution < -0.4 is 0 Å². The van der Waals surface area contributed by atoms with Gasteiger partial charge in [0.15, 0.2) is 0 Å². The van der Waals surface area contributed by atoms with Gasteiger partial charge in [-0.2, -0.15) is 0 Å². The smallest absolute Gasteiger partial charge is 0.113 e. The van der Waals surface area contributed by atoms with Crippen LogP contribution in [0.5, 0.6) is 0 Å². The molecule has 17 heavy (non-hydrogen) atoms. The summed E-state index contributed by atoms with van der Waals surface area (Å²) in [6.07, 6.45) is 0.535. The van der Waals surface area contributed by atoms with Gasteiger partial charge in [0.1, 0.15) is 12.2 Å². The van der Waals surface area contributed by atoms with Gasteiger partial charge in [-0.1, -0.05) is 29.3 Å². The fourth-order valence-electron chi connectivity index (χ4n) is 2.15. The van der Waals surface area contributed by atoms with Crippen LogP contribution in [0.25, 0.3) is 0 Å².